The minimum Gasteiger partial charge on any atom is -0.489 e. The van der Waals surface area contributed by atoms with Gasteiger partial charge in [0.05, 0.1) is 0 Å². The van der Waals surface area contributed by atoms with Crippen LogP contribution in [0.4, 0.5) is 4.39 Å². The van der Waals surface area contributed by atoms with E-state index in [0.29, 0.717) is 35.3 Å². The lowest BCUT2D eigenvalue weighted by Crippen LogP contribution is -1.95. The van der Waals surface area contributed by atoms with Crippen molar-refractivity contribution < 1.29 is 13.9 Å². The van der Waals surface area contributed by atoms with Crippen LogP contribution < -0.4 is 4.74 Å². The first-order chi connectivity index (χ1) is 11.3. The first-order valence-corrected chi connectivity index (χ1v) is 7.28. The van der Waals surface area contributed by atoms with E-state index >= 15 is 0 Å². The molecule has 23 heavy (non-hydrogen) atoms. The molecule has 0 fully saturated rings. The summed E-state index contributed by atoms with van der Waals surface area (Å²) in [5, 5.41) is 0. The molecule has 0 amide bonds. The molecule has 0 saturated carbocycles. The van der Waals surface area contributed by atoms with Gasteiger partial charge in [0.1, 0.15) is 24.5 Å². The first-order valence-electron chi connectivity index (χ1n) is 7.28. The van der Waals surface area contributed by atoms with E-state index in [9.17, 15) is 9.18 Å². The predicted octanol–water partition coefficient (Wildman–Crippen LogP) is 4.88. The maximum Gasteiger partial charge on any atom is 0.150 e. The maximum absolute atomic E-state index is 14.0. The van der Waals surface area contributed by atoms with Crippen LogP contribution in [0.1, 0.15) is 15.9 Å². The average Bonchev–Trinajstić information content (AvgIpc) is 2.61. The fourth-order valence-corrected chi connectivity index (χ4v) is 2.33. The minimum absolute atomic E-state index is 0.365. The van der Waals surface area contributed by atoms with E-state index in [2.05, 4.69) is 0 Å². The fraction of sp³-hybridized carbons (Fsp3) is 0.0500. The molecule has 0 aromatic heterocycles. The second-order valence-electron chi connectivity index (χ2n) is 5.16. The predicted molar refractivity (Wildman–Crippen MR) is 88.0 cm³/mol. The van der Waals surface area contributed by atoms with Crippen molar-refractivity contribution in [3.8, 4) is 16.9 Å². The molecule has 0 aliphatic heterocycles. The van der Waals surface area contributed by atoms with E-state index in [4.69, 9.17) is 4.74 Å². The average molecular weight is 306 g/mol. The SMILES string of the molecule is O=Cc1ccc(F)c(-c2cccc(OCc3ccccc3)c2)c1. The molecule has 3 heteroatoms. The van der Waals surface area contributed by atoms with Gasteiger partial charge in [-0.25, -0.2) is 4.39 Å². The van der Waals surface area contributed by atoms with E-state index in [-0.39, 0.29) is 5.82 Å². The summed E-state index contributed by atoms with van der Waals surface area (Å²) in [5.41, 5.74) is 2.57. The normalized spacial score (nSPS) is 10.3. The smallest absolute Gasteiger partial charge is 0.150 e. The van der Waals surface area contributed by atoms with Crippen LogP contribution in [0.5, 0.6) is 5.75 Å². The van der Waals surface area contributed by atoms with Gasteiger partial charge in [-0.2, -0.15) is 0 Å². The molecule has 0 aliphatic carbocycles. The second-order valence-corrected chi connectivity index (χ2v) is 5.16. The Morgan fingerprint density at radius 1 is 0.913 bits per heavy atom. The number of hydrogen-bond acceptors (Lipinski definition) is 2. The Kier molecular flexibility index (Phi) is 4.48. The second kappa shape index (κ2) is 6.88. The van der Waals surface area contributed by atoms with Crippen molar-refractivity contribution in [2.24, 2.45) is 0 Å². The van der Waals surface area contributed by atoms with E-state index in [0.717, 1.165) is 5.56 Å². The quantitative estimate of drug-likeness (QED) is 0.628. The molecule has 3 aromatic rings. The van der Waals surface area contributed by atoms with Crippen LogP contribution in [0.25, 0.3) is 11.1 Å². The molecule has 0 atom stereocenters. The Bertz CT molecular complexity index is 813. The Balaban J connectivity index is 1.84. The first kappa shape index (κ1) is 15.0. The summed E-state index contributed by atoms with van der Waals surface area (Å²) in [6.45, 7) is 0.446. The van der Waals surface area contributed by atoms with E-state index in [1.54, 1.807) is 18.2 Å². The highest BCUT2D eigenvalue weighted by Gasteiger charge is 2.07. The Hall–Kier alpha value is -2.94. The molecule has 0 saturated heterocycles. The third-order valence-corrected chi connectivity index (χ3v) is 3.52. The van der Waals surface area contributed by atoms with E-state index in [1.165, 1.54) is 12.1 Å². The van der Waals surface area contributed by atoms with Crippen LogP contribution in [0.15, 0.2) is 72.8 Å². The van der Waals surface area contributed by atoms with Gasteiger partial charge in [0, 0.05) is 11.1 Å². The molecular formula is C20H15FO2. The zero-order chi connectivity index (χ0) is 16.1. The molecule has 114 valence electrons. The van der Waals surface area contributed by atoms with Gasteiger partial charge in [-0.1, -0.05) is 42.5 Å². The molecule has 0 unspecified atom stereocenters. The monoisotopic (exact) mass is 306 g/mol. The van der Waals surface area contributed by atoms with E-state index in [1.807, 2.05) is 42.5 Å². The van der Waals surface area contributed by atoms with Gasteiger partial charge in [-0.3, -0.25) is 4.79 Å². The van der Waals surface area contributed by atoms with Gasteiger partial charge in [0.15, 0.2) is 0 Å². The summed E-state index contributed by atoms with van der Waals surface area (Å²) in [6.07, 6.45) is 0.707. The standard InChI is InChI=1S/C20H15FO2/c21-20-10-9-16(13-22)11-19(20)17-7-4-8-18(12-17)23-14-15-5-2-1-3-6-15/h1-13H,14H2. The van der Waals surface area contributed by atoms with Crippen LogP contribution in [0.2, 0.25) is 0 Å². The molecule has 3 aromatic carbocycles. The molecular weight excluding hydrogens is 291 g/mol. The largest absolute Gasteiger partial charge is 0.489 e. The number of carbonyl (C=O) groups is 1. The molecule has 0 radical (unpaired) electrons. The molecule has 0 aliphatic rings. The number of carbonyl (C=O) groups excluding carboxylic acids is 1. The number of ether oxygens (including phenoxy) is 1. The lowest BCUT2D eigenvalue weighted by atomic mass is 10.0. The Morgan fingerprint density at radius 2 is 1.74 bits per heavy atom. The number of halogens is 1. The number of aldehydes is 1. The van der Waals surface area contributed by atoms with E-state index < -0.39 is 0 Å². The van der Waals surface area contributed by atoms with Crippen molar-refractivity contribution in [3.05, 3.63) is 89.7 Å². The van der Waals surface area contributed by atoms with Gasteiger partial charge in [-0.15, -0.1) is 0 Å². The Morgan fingerprint density at radius 3 is 2.52 bits per heavy atom. The van der Waals surface area contributed by atoms with Crippen LogP contribution in [0, 0.1) is 5.82 Å². The molecule has 0 N–H and O–H groups in total. The van der Waals surface area contributed by atoms with Crippen molar-refractivity contribution in [2.45, 2.75) is 6.61 Å². The number of rotatable bonds is 5. The summed E-state index contributed by atoms with van der Waals surface area (Å²) in [5.74, 6) is 0.290. The summed E-state index contributed by atoms with van der Waals surface area (Å²) >= 11 is 0. The zero-order valence-corrected chi connectivity index (χ0v) is 12.4. The van der Waals surface area contributed by atoms with Gasteiger partial charge < -0.3 is 4.74 Å². The molecule has 0 heterocycles. The third-order valence-electron chi connectivity index (χ3n) is 3.52. The highest BCUT2D eigenvalue weighted by molar-refractivity contribution is 5.79. The molecule has 2 nitrogen and oxygen atoms in total. The number of benzene rings is 3. The van der Waals surface area contributed by atoms with Crippen molar-refractivity contribution >= 4 is 6.29 Å². The van der Waals surface area contributed by atoms with Gasteiger partial charge >= 0.3 is 0 Å². The minimum atomic E-state index is -0.365. The van der Waals surface area contributed by atoms with Gasteiger partial charge in [0.2, 0.25) is 0 Å². The summed E-state index contributed by atoms with van der Waals surface area (Å²) in [6, 6.07) is 21.3. The summed E-state index contributed by atoms with van der Waals surface area (Å²) < 4.78 is 19.8. The van der Waals surface area contributed by atoms with Crippen molar-refractivity contribution in [2.75, 3.05) is 0 Å². The highest BCUT2D eigenvalue weighted by atomic mass is 19.1. The lowest BCUT2D eigenvalue weighted by Gasteiger charge is -2.09. The summed E-state index contributed by atoms with van der Waals surface area (Å²) in [7, 11) is 0. The Labute approximate surface area is 134 Å². The maximum atomic E-state index is 14.0. The van der Waals surface area contributed by atoms with Crippen LogP contribution in [0.3, 0.4) is 0 Å². The van der Waals surface area contributed by atoms with Crippen LogP contribution in [-0.4, -0.2) is 6.29 Å². The molecule has 0 bridgehead atoms. The van der Waals surface area contributed by atoms with Crippen LogP contribution in [-0.2, 0) is 6.61 Å². The fourth-order valence-electron chi connectivity index (χ4n) is 2.33. The van der Waals surface area contributed by atoms with Crippen molar-refractivity contribution in [1.82, 2.24) is 0 Å². The van der Waals surface area contributed by atoms with Crippen molar-refractivity contribution in [1.29, 1.82) is 0 Å². The summed E-state index contributed by atoms with van der Waals surface area (Å²) in [4.78, 5) is 10.9. The number of hydrogen-bond donors (Lipinski definition) is 0. The zero-order valence-electron chi connectivity index (χ0n) is 12.4. The van der Waals surface area contributed by atoms with Crippen molar-refractivity contribution in [3.63, 3.8) is 0 Å². The third kappa shape index (κ3) is 3.64. The van der Waals surface area contributed by atoms with Crippen LogP contribution >= 0.6 is 0 Å². The molecule has 0 spiro atoms. The molecule has 3 rings (SSSR count). The van der Waals surface area contributed by atoms with Gasteiger partial charge in [0.25, 0.3) is 0 Å². The topological polar surface area (TPSA) is 26.3 Å². The van der Waals surface area contributed by atoms with Gasteiger partial charge in [-0.05, 0) is 41.5 Å². The highest BCUT2D eigenvalue weighted by Crippen LogP contribution is 2.27. The lowest BCUT2D eigenvalue weighted by molar-refractivity contribution is 0.112.